The summed E-state index contributed by atoms with van der Waals surface area (Å²) in [5.74, 6) is -0.0857. The fourth-order valence-electron chi connectivity index (χ4n) is 4.56. The smallest absolute Gasteiger partial charge is 0.301 e. The third-order valence-electron chi connectivity index (χ3n) is 7.00. The number of alkyl halides is 3. The maximum absolute atomic E-state index is 13.2. The molecule has 3 nitrogen and oxygen atoms in total. The summed E-state index contributed by atoms with van der Waals surface area (Å²) in [4.78, 5) is 17.6. The summed E-state index contributed by atoms with van der Waals surface area (Å²) in [5.41, 5.74) is 5.13. The van der Waals surface area contributed by atoms with Crippen LogP contribution in [0.1, 0.15) is 96.9 Å². The lowest BCUT2D eigenvalue weighted by Crippen LogP contribution is -2.13. The second-order valence-corrected chi connectivity index (χ2v) is 9.85. The van der Waals surface area contributed by atoms with Crippen molar-refractivity contribution in [3.8, 4) is 0 Å². The summed E-state index contributed by atoms with van der Waals surface area (Å²) in [6.45, 7) is 8.05. The van der Waals surface area contributed by atoms with Crippen LogP contribution in [0.15, 0.2) is 47.7 Å². The number of aromatic nitrogens is 1. The number of hydrogen-bond acceptors (Lipinski definition) is 3. The lowest BCUT2D eigenvalue weighted by Gasteiger charge is -2.15. The van der Waals surface area contributed by atoms with E-state index in [-0.39, 0.29) is 23.1 Å². The van der Waals surface area contributed by atoms with Crippen molar-refractivity contribution in [2.24, 2.45) is 5.92 Å². The molecule has 36 heavy (non-hydrogen) atoms. The molecule has 0 unspecified atom stereocenters. The maximum atomic E-state index is 13.2. The number of halogens is 3. The number of nitrogens with one attached hydrogen (secondary N) is 1. The Kier molecular flexibility index (Phi) is 9.04. The van der Waals surface area contributed by atoms with Gasteiger partial charge in [0, 0.05) is 24.7 Å². The molecule has 0 fully saturated rings. The fourth-order valence-corrected chi connectivity index (χ4v) is 4.56. The molecule has 0 bridgehead atoms. The predicted molar refractivity (Wildman–Crippen MR) is 148 cm³/mol. The van der Waals surface area contributed by atoms with Gasteiger partial charge >= 0.3 is 6.18 Å². The Morgan fingerprint density at radius 3 is 2.67 bits per heavy atom. The molecule has 200 valence electrons. The minimum atomic E-state index is -4.38. The quantitative estimate of drug-likeness (QED) is 0.188. The Hall–Kier alpha value is -3.02. The van der Waals surface area contributed by atoms with Gasteiger partial charge in [0.05, 0.1) is 11.3 Å². The van der Waals surface area contributed by atoms with Crippen LogP contribution in [-0.4, -0.2) is 16.5 Å². The van der Waals surface area contributed by atoms with Gasteiger partial charge in [-0.1, -0.05) is 44.7 Å². The van der Waals surface area contributed by atoms with Crippen molar-refractivity contribution >= 4 is 17.6 Å². The number of ketones is 1. The van der Waals surface area contributed by atoms with Gasteiger partial charge in [0.2, 0.25) is 0 Å². The highest BCUT2D eigenvalue weighted by Gasteiger charge is 2.31. The van der Waals surface area contributed by atoms with Crippen molar-refractivity contribution in [2.75, 3.05) is 0 Å². The Morgan fingerprint density at radius 1 is 1.22 bits per heavy atom. The van der Waals surface area contributed by atoms with Crippen molar-refractivity contribution in [3.63, 3.8) is 0 Å². The zero-order chi connectivity index (χ0) is 26.5. The van der Waals surface area contributed by atoms with Gasteiger partial charge in [-0.3, -0.25) is 9.78 Å². The number of carbonyl (C=O) groups excluding carboxylic acids is 1. The first-order chi connectivity index (χ1) is 17.0. The summed E-state index contributed by atoms with van der Waals surface area (Å²) in [6.07, 6.45) is 6.76. The monoisotopic (exact) mass is 504 g/mol. The molecule has 0 radical (unpaired) electrons. The molecule has 0 saturated carbocycles. The van der Waals surface area contributed by atoms with Gasteiger partial charge in [-0.05, 0) is 90.8 Å². The van der Waals surface area contributed by atoms with Crippen LogP contribution in [0.4, 0.5) is 13.2 Å². The third-order valence-corrected chi connectivity index (χ3v) is 7.00. The highest BCUT2D eigenvalue weighted by atomic mass is 19.4. The van der Waals surface area contributed by atoms with E-state index in [1.165, 1.54) is 18.6 Å². The SMILES string of the molecule is CCCCCCc1c(C)ccnc1C(=O)C[C@H](C)/C(C)=C/C(=N)C1=Cc2ccc(C(F)(F)F)cc2C1.[HH].[HH].[HH].[HH]. The van der Waals surface area contributed by atoms with E-state index in [2.05, 4.69) is 11.9 Å². The van der Waals surface area contributed by atoms with E-state index < -0.39 is 11.7 Å². The zero-order valence-corrected chi connectivity index (χ0v) is 21.6. The van der Waals surface area contributed by atoms with Crippen LogP contribution < -0.4 is 0 Å². The maximum Gasteiger partial charge on any atom is 0.416 e. The number of benzene rings is 1. The van der Waals surface area contributed by atoms with E-state index in [1.807, 2.05) is 26.8 Å². The number of hydrogen-bond donors (Lipinski definition) is 1. The highest BCUT2D eigenvalue weighted by molar-refractivity contribution is 6.11. The number of aryl methyl sites for hydroxylation is 1. The van der Waals surface area contributed by atoms with Gasteiger partial charge in [0.15, 0.2) is 5.78 Å². The molecule has 6 heteroatoms. The van der Waals surface area contributed by atoms with Crippen LogP contribution >= 0.6 is 0 Å². The van der Waals surface area contributed by atoms with Crippen LogP contribution in [0.3, 0.4) is 0 Å². The first-order valence-corrected chi connectivity index (χ1v) is 12.7. The largest absolute Gasteiger partial charge is 0.416 e. The number of pyridine rings is 1. The van der Waals surface area contributed by atoms with Crippen molar-refractivity contribution in [2.45, 2.75) is 78.8 Å². The number of allylic oxidation sites excluding steroid dienone is 3. The standard InChI is InChI=1S/C30H35F3N2O.4H2/c1-5-6-7-8-9-26-19(2)12-13-35-29(26)28(36)15-21(4)20(3)14-27(34)24-16-22-10-11-25(30(31,32)33)18-23(22)17-24;;;;/h10-14,16,18,21,34H,5-9,15,17H2,1-4H3;4*1H/b20-14+,34-27?;;;;/t21-;;;;/m0..../s1. The number of fused-ring (bicyclic) bond motifs is 1. The molecule has 1 aliphatic carbocycles. The molecule has 3 rings (SSSR count). The topological polar surface area (TPSA) is 53.8 Å². The Labute approximate surface area is 218 Å². The van der Waals surface area contributed by atoms with Gasteiger partial charge in [0.25, 0.3) is 0 Å². The minimum Gasteiger partial charge on any atom is -0.301 e. The number of carbonyl (C=O) groups is 1. The average Bonchev–Trinajstić information content (AvgIpc) is 3.25. The van der Waals surface area contributed by atoms with Crippen molar-refractivity contribution in [1.82, 2.24) is 4.98 Å². The molecule has 0 amide bonds. The van der Waals surface area contributed by atoms with Crippen LogP contribution in [0, 0.1) is 18.3 Å². The summed E-state index contributed by atoms with van der Waals surface area (Å²) < 4.78 is 39.1. The van der Waals surface area contributed by atoms with E-state index in [1.54, 1.807) is 18.3 Å². The molecule has 0 aliphatic heterocycles. The first-order valence-electron chi connectivity index (χ1n) is 12.7. The fraction of sp³-hybridized carbons (Fsp3) is 0.433. The molecule has 1 aromatic carbocycles. The Morgan fingerprint density at radius 2 is 1.97 bits per heavy atom. The predicted octanol–water partition coefficient (Wildman–Crippen LogP) is 9.33. The van der Waals surface area contributed by atoms with E-state index in [9.17, 15) is 18.0 Å². The minimum absolute atomic E-state index is 0. The van der Waals surface area contributed by atoms with E-state index in [0.717, 1.165) is 48.4 Å². The second-order valence-electron chi connectivity index (χ2n) is 9.85. The summed E-state index contributed by atoms with van der Waals surface area (Å²) in [6, 6.07) is 5.66. The van der Waals surface area contributed by atoms with Crippen LogP contribution in [-0.2, 0) is 19.0 Å². The summed E-state index contributed by atoms with van der Waals surface area (Å²) in [7, 11) is 0. The molecule has 0 saturated heterocycles. The third kappa shape index (κ3) is 6.80. The van der Waals surface area contributed by atoms with Gasteiger partial charge in [0.1, 0.15) is 5.69 Å². The highest BCUT2D eigenvalue weighted by Crippen LogP contribution is 2.34. The zero-order valence-electron chi connectivity index (χ0n) is 21.6. The van der Waals surface area contributed by atoms with Crippen molar-refractivity contribution in [3.05, 3.63) is 81.2 Å². The van der Waals surface area contributed by atoms with E-state index in [0.29, 0.717) is 35.2 Å². The molecule has 0 spiro atoms. The molecular weight excluding hydrogens is 461 g/mol. The van der Waals surface area contributed by atoms with Crippen molar-refractivity contribution in [1.29, 1.82) is 5.41 Å². The number of rotatable bonds is 11. The summed E-state index contributed by atoms with van der Waals surface area (Å²) >= 11 is 0. The lowest BCUT2D eigenvalue weighted by molar-refractivity contribution is -0.137. The molecule has 1 atom stereocenters. The molecular formula is C30H43F3N2O. The number of unbranched alkanes of at least 4 members (excludes halogenated alkanes) is 3. The van der Waals surface area contributed by atoms with Crippen LogP contribution in [0.25, 0.3) is 6.08 Å². The molecule has 2 aromatic rings. The Bertz CT molecular complexity index is 1210. The van der Waals surface area contributed by atoms with E-state index >= 15 is 0 Å². The number of nitrogens with zero attached hydrogens (tertiary/aromatic N) is 1. The normalized spacial score (nSPS) is 14.4. The molecule has 1 N–H and O–H groups in total. The molecule has 1 heterocycles. The van der Waals surface area contributed by atoms with Gasteiger partial charge < -0.3 is 5.41 Å². The van der Waals surface area contributed by atoms with Crippen molar-refractivity contribution < 1.29 is 23.7 Å². The first kappa shape index (κ1) is 27.6. The lowest BCUT2D eigenvalue weighted by atomic mass is 9.91. The van der Waals surface area contributed by atoms with Gasteiger partial charge in [-0.2, -0.15) is 13.2 Å². The van der Waals surface area contributed by atoms with Crippen LogP contribution in [0.2, 0.25) is 0 Å². The molecule has 1 aliphatic rings. The average molecular weight is 505 g/mol. The number of Topliss-reactive ketones (excluding diaryl/α,β-unsaturated/α-hetero) is 1. The second kappa shape index (κ2) is 11.8. The van der Waals surface area contributed by atoms with Crippen LogP contribution in [0.5, 0.6) is 0 Å². The molecule has 1 aromatic heterocycles. The van der Waals surface area contributed by atoms with Gasteiger partial charge in [-0.25, -0.2) is 0 Å². The Balaban J connectivity index is 0. The summed E-state index contributed by atoms with van der Waals surface area (Å²) in [5, 5.41) is 8.52. The van der Waals surface area contributed by atoms with Gasteiger partial charge in [-0.15, -0.1) is 0 Å². The van der Waals surface area contributed by atoms with E-state index in [4.69, 9.17) is 5.41 Å².